The Morgan fingerprint density at radius 2 is 1.89 bits per heavy atom. The van der Waals surface area contributed by atoms with Crippen LogP contribution in [0.15, 0.2) is 35.1 Å². The highest BCUT2D eigenvalue weighted by Gasteiger charge is 2.09. The topological polar surface area (TPSA) is 51.3 Å². The molecule has 5 heteroatoms. The Morgan fingerprint density at radius 1 is 1.11 bits per heavy atom. The van der Waals surface area contributed by atoms with E-state index in [9.17, 15) is 4.79 Å². The van der Waals surface area contributed by atoms with E-state index < -0.39 is 0 Å². The maximum atomic E-state index is 11.4. The van der Waals surface area contributed by atoms with E-state index in [2.05, 4.69) is 4.98 Å². The van der Waals surface area contributed by atoms with Gasteiger partial charge in [-0.15, -0.1) is 0 Å². The number of nitrogens with one attached hydrogen (secondary N) is 1. The van der Waals surface area contributed by atoms with Gasteiger partial charge in [0.15, 0.2) is 0 Å². The van der Waals surface area contributed by atoms with Crippen molar-refractivity contribution in [1.82, 2.24) is 4.98 Å². The molecule has 1 aromatic carbocycles. The highest BCUT2D eigenvalue weighted by atomic mass is 35.5. The second kappa shape index (κ2) is 5.14. The van der Waals surface area contributed by atoms with Gasteiger partial charge >= 0.3 is 0 Å². The molecule has 18 heavy (non-hydrogen) atoms. The lowest BCUT2D eigenvalue weighted by atomic mass is 10.1. The van der Waals surface area contributed by atoms with E-state index >= 15 is 0 Å². The average Bonchev–Trinajstić information content (AvgIpc) is 2.36. The number of benzene rings is 1. The molecule has 0 unspecified atom stereocenters. The van der Waals surface area contributed by atoms with Crippen LogP contribution in [0.5, 0.6) is 11.5 Å². The van der Waals surface area contributed by atoms with Crippen LogP contribution < -0.4 is 15.0 Å². The number of halogens is 1. The van der Waals surface area contributed by atoms with Crippen molar-refractivity contribution in [3.8, 4) is 22.6 Å². The number of H-pyrrole nitrogens is 1. The molecule has 0 spiro atoms. The van der Waals surface area contributed by atoms with E-state index in [1.54, 1.807) is 38.5 Å². The van der Waals surface area contributed by atoms with Gasteiger partial charge < -0.3 is 14.5 Å². The summed E-state index contributed by atoms with van der Waals surface area (Å²) in [5, 5.41) is 0.280. The molecule has 0 saturated carbocycles. The molecule has 0 aliphatic heterocycles. The molecule has 1 N–H and O–H groups in total. The van der Waals surface area contributed by atoms with E-state index in [1.165, 1.54) is 6.07 Å². The molecule has 0 aliphatic rings. The molecule has 1 aromatic heterocycles. The van der Waals surface area contributed by atoms with Crippen LogP contribution in [0.1, 0.15) is 0 Å². The standard InChI is InChI=1S/C13H12ClNO3/c1-17-9-3-4-11(18-2)10(7-9)8-5-12(14)15-13(16)6-8/h3-7H,1-2H3,(H,15,16). The van der Waals surface area contributed by atoms with Crippen molar-refractivity contribution in [3.05, 3.63) is 45.8 Å². The van der Waals surface area contributed by atoms with Crippen molar-refractivity contribution in [1.29, 1.82) is 0 Å². The lowest BCUT2D eigenvalue weighted by Crippen LogP contribution is -2.04. The summed E-state index contributed by atoms with van der Waals surface area (Å²) in [5.74, 6) is 1.33. The van der Waals surface area contributed by atoms with Gasteiger partial charge in [0.25, 0.3) is 0 Å². The molecule has 1 heterocycles. The average molecular weight is 266 g/mol. The van der Waals surface area contributed by atoms with Crippen LogP contribution >= 0.6 is 11.6 Å². The number of aromatic nitrogens is 1. The summed E-state index contributed by atoms with van der Waals surface area (Å²) in [7, 11) is 3.15. The summed E-state index contributed by atoms with van der Waals surface area (Å²) in [6, 6.07) is 8.49. The van der Waals surface area contributed by atoms with Crippen LogP contribution in [0.3, 0.4) is 0 Å². The van der Waals surface area contributed by atoms with Crippen molar-refractivity contribution in [2.24, 2.45) is 0 Å². The minimum Gasteiger partial charge on any atom is -0.497 e. The summed E-state index contributed by atoms with van der Waals surface area (Å²) in [4.78, 5) is 13.9. The number of hydrogen-bond donors (Lipinski definition) is 1. The molecule has 0 bridgehead atoms. The Balaban J connectivity index is 2.64. The molecule has 2 rings (SSSR count). The monoisotopic (exact) mass is 265 g/mol. The van der Waals surface area contributed by atoms with Crippen molar-refractivity contribution >= 4 is 11.6 Å². The van der Waals surface area contributed by atoms with Crippen LogP contribution in [0, 0.1) is 0 Å². The van der Waals surface area contributed by atoms with E-state index in [-0.39, 0.29) is 10.7 Å². The van der Waals surface area contributed by atoms with Gasteiger partial charge in [-0.05, 0) is 29.8 Å². The van der Waals surface area contributed by atoms with Gasteiger partial charge in [-0.1, -0.05) is 11.6 Å². The van der Waals surface area contributed by atoms with Crippen molar-refractivity contribution < 1.29 is 9.47 Å². The largest absolute Gasteiger partial charge is 0.497 e. The van der Waals surface area contributed by atoms with Crippen molar-refractivity contribution in [2.75, 3.05) is 14.2 Å². The first kappa shape index (κ1) is 12.5. The molecule has 0 amide bonds. The Hall–Kier alpha value is -1.94. The minimum atomic E-state index is -0.262. The molecule has 0 radical (unpaired) electrons. The summed E-state index contributed by atoms with van der Waals surface area (Å²) < 4.78 is 10.4. The summed E-state index contributed by atoms with van der Waals surface area (Å²) in [6.45, 7) is 0. The van der Waals surface area contributed by atoms with E-state index in [4.69, 9.17) is 21.1 Å². The molecule has 4 nitrogen and oxygen atoms in total. The van der Waals surface area contributed by atoms with E-state index in [0.29, 0.717) is 17.1 Å². The molecular weight excluding hydrogens is 254 g/mol. The van der Waals surface area contributed by atoms with Crippen LogP contribution in [0.2, 0.25) is 5.15 Å². The zero-order valence-corrected chi connectivity index (χ0v) is 10.7. The second-order valence-corrected chi connectivity index (χ2v) is 4.05. The van der Waals surface area contributed by atoms with Crippen LogP contribution in [0.4, 0.5) is 0 Å². The number of aromatic amines is 1. The summed E-state index contributed by atoms with van der Waals surface area (Å²) in [5.41, 5.74) is 1.17. The molecular formula is C13H12ClNO3. The van der Waals surface area contributed by atoms with Crippen LogP contribution in [0.25, 0.3) is 11.1 Å². The predicted molar refractivity (Wildman–Crippen MR) is 70.6 cm³/mol. The molecule has 94 valence electrons. The van der Waals surface area contributed by atoms with Crippen LogP contribution in [-0.4, -0.2) is 19.2 Å². The Bertz CT molecular complexity index is 622. The van der Waals surface area contributed by atoms with E-state index in [0.717, 1.165) is 5.56 Å². The van der Waals surface area contributed by atoms with Crippen LogP contribution in [-0.2, 0) is 0 Å². The van der Waals surface area contributed by atoms with Gasteiger partial charge in [-0.3, -0.25) is 4.79 Å². The fraction of sp³-hybridized carbons (Fsp3) is 0.154. The fourth-order valence-electron chi connectivity index (χ4n) is 1.70. The zero-order chi connectivity index (χ0) is 13.1. The quantitative estimate of drug-likeness (QED) is 0.868. The van der Waals surface area contributed by atoms with Gasteiger partial charge in [0.05, 0.1) is 14.2 Å². The fourth-order valence-corrected chi connectivity index (χ4v) is 1.92. The molecule has 0 saturated heterocycles. The number of pyridine rings is 1. The zero-order valence-electron chi connectivity index (χ0n) is 9.99. The maximum absolute atomic E-state index is 11.4. The first-order valence-corrected chi connectivity index (χ1v) is 5.64. The number of rotatable bonds is 3. The second-order valence-electron chi connectivity index (χ2n) is 3.65. The number of hydrogen-bond acceptors (Lipinski definition) is 3. The third kappa shape index (κ3) is 2.49. The Kier molecular flexibility index (Phi) is 3.58. The van der Waals surface area contributed by atoms with Crippen molar-refractivity contribution in [2.45, 2.75) is 0 Å². The van der Waals surface area contributed by atoms with Crippen molar-refractivity contribution in [3.63, 3.8) is 0 Å². The third-order valence-corrected chi connectivity index (χ3v) is 2.73. The van der Waals surface area contributed by atoms with Gasteiger partial charge in [-0.25, -0.2) is 0 Å². The SMILES string of the molecule is COc1ccc(OC)c(-c2cc(Cl)[nH]c(=O)c2)c1. The van der Waals surface area contributed by atoms with Gasteiger partial charge in [0, 0.05) is 11.6 Å². The smallest absolute Gasteiger partial charge is 0.249 e. The highest BCUT2D eigenvalue weighted by molar-refractivity contribution is 6.29. The molecule has 0 atom stereocenters. The van der Waals surface area contributed by atoms with Gasteiger partial charge in [-0.2, -0.15) is 0 Å². The van der Waals surface area contributed by atoms with Gasteiger partial charge in [0.2, 0.25) is 5.56 Å². The normalized spacial score (nSPS) is 10.2. The van der Waals surface area contributed by atoms with Gasteiger partial charge in [0.1, 0.15) is 16.7 Å². The highest BCUT2D eigenvalue weighted by Crippen LogP contribution is 2.33. The summed E-state index contributed by atoms with van der Waals surface area (Å²) in [6.07, 6.45) is 0. The third-order valence-electron chi connectivity index (χ3n) is 2.53. The lowest BCUT2D eigenvalue weighted by Gasteiger charge is -2.10. The van der Waals surface area contributed by atoms with E-state index in [1.807, 2.05) is 0 Å². The molecule has 0 aliphatic carbocycles. The summed E-state index contributed by atoms with van der Waals surface area (Å²) >= 11 is 5.84. The number of ether oxygens (including phenoxy) is 2. The maximum Gasteiger partial charge on any atom is 0.249 e. The predicted octanol–water partition coefficient (Wildman–Crippen LogP) is 2.71. The molecule has 2 aromatic rings. The minimum absolute atomic E-state index is 0.262. The molecule has 0 fully saturated rings. The first-order valence-electron chi connectivity index (χ1n) is 5.26. The lowest BCUT2D eigenvalue weighted by molar-refractivity contribution is 0.404. The Morgan fingerprint density at radius 3 is 2.50 bits per heavy atom. The Labute approximate surface area is 109 Å². The first-order chi connectivity index (χ1) is 8.63. The number of methoxy groups -OCH3 is 2.